The van der Waals surface area contributed by atoms with Gasteiger partial charge in [0.2, 0.25) is 11.8 Å². The Morgan fingerprint density at radius 1 is 1.36 bits per heavy atom. The molecule has 1 saturated heterocycles. The van der Waals surface area contributed by atoms with Crippen LogP contribution in [0.5, 0.6) is 5.75 Å². The van der Waals surface area contributed by atoms with Crippen LogP contribution in [0.4, 0.5) is 0 Å². The van der Waals surface area contributed by atoms with E-state index in [1.165, 1.54) is 0 Å². The van der Waals surface area contributed by atoms with Crippen LogP contribution in [0.15, 0.2) is 24.3 Å². The first-order valence-corrected chi connectivity index (χ1v) is 7.53. The number of aryl methyl sites for hydroxylation is 1. The Morgan fingerprint density at radius 2 is 2.12 bits per heavy atom. The fourth-order valence-electron chi connectivity index (χ4n) is 2.85. The third kappa shape index (κ3) is 4.06. The van der Waals surface area contributed by atoms with Crippen molar-refractivity contribution in [3.8, 4) is 5.75 Å². The number of carboxylic acids is 1. The second kappa shape index (κ2) is 7.48. The topological polar surface area (TPSA) is 106 Å². The highest BCUT2D eigenvalue weighted by Crippen LogP contribution is 2.30. The van der Waals surface area contributed by atoms with Crippen molar-refractivity contribution >= 4 is 41.1 Å². The van der Waals surface area contributed by atoms with Gasteiger partial charge in [0.15, 0.2) is 6.61 Å². The van der Waals surface area contributed by atoms with Crippen molar-refractivity contribution in [3.05, 3.63) is 35.5 Å². The Bertz CT molecular complexity index is 852. The Labute approximate surface area is 149 Å². The molecule has 25 heavy (non-hydrogen) atoms. The van der Waals surface area contributed by atoms with Gasteiger partial charge in [0.05, 0.1) is 11.4 Å². The Morgan fingerprint density at radius 3 is 2.80 bits per heavy atom. The second-order valence-electron chi connectivity index (χ2n) is 5.70. The Kier molecular flexibility index (Phi) is 5.58. The summed E-state index contributed by atoms with van der Waals surface area (Å²) in [4.78, 5) is 38.5. The van der Waals surface area contributed by atoms with Gasteiger partial charge in [-0.15, -0.1) is 12.4 Å². The van der Waals surface area contributed by atoms with Crippen LogP contribution in [0.2, 0.25) is 0 Å². The Hall–Kier alpha value is -2.67. The van der Waals surface area contributed by atoms with Gasteiger partial charge in [0.1, 0.15) is 5.75 Å². The zero-order chi connectivity index (χ0) is 17.3. The number of carbonyl (C=O) groups excluding carboxylic acids is 2. The van der Waals surface area contributed by atoms with Crippen molar-refractivity contribution in [2.45, 2.75) is 25.7 Å². The lowest BCUT2D eigenvalue weighted by Gasteiger charge is -2.22. The SMILES string of the molecule is Cc1nc2ccc(OCC(=O)O)cc2cc1C1CCC(=O)NC1=O.Cl. The number of nitrogens with zero attached hydrogens (tertiary/aromatic N) is 1. The minimum Gasteiger partial charge on any atom is -0.482 e. The molecule has 1 aromatic carbocycles. The predicted octanol–water partition coefficient (Wildman–Crippen LogP) is 1.95. The minimum atomic E-state index is -1.05. The summed E-state index contributed by atoms with van der Waals surface area (Å²) >= 11 is 0. The molecule has 2 N–H and O–H groups in total. The van der Waals surface area contributed by atoms with Crippen molar-refractivity contribution in [2.75, 3.05) is 6.61 Å². The van der Waals surface area contributed by atoms with E-state index in [1.807, 2.05) is 13.0 Å². The first-order chi connectivity index (χ1) is 11.4. The summed E-state index contributed by atoms with van der Waals surface area (Å²) in [5, 5.41) is 11.8. The van der Waals surface area contributed by atoms with Gasteiger partial charge >= 0.3 is 5.97 Å². The largest absolute Gasteiger partial charge is 0.482 e. The number of fused-ring (bicyclic) bond motifs is 1. The lowest BCUT2D eigenvalue weighted by atomic mass is 9.89. The molecule has 0 spiro atoms. The van der Waals surface area contributed by atoms with Crippen LogP contribution in [0.3, 0.4) is 0 Å². The lowest BCUT2D eigenvalue weighted by molar-refractivity contribution is -0.139. The fraction of sp³-hybridized carbons (Fsp3) is 0.294. The van der Waals surface area contributed by atoms with Crippen LogP contribution in [0.1, 0.15) is 30.0 Å². The normalized spacial score (nSPS) is 16.9. The highest BCUT2D eigenvalue weighted by Gasteiger charge is 2.29. The molecule has 3 rings (SSSR count). The van der Waals surface area contributed by atoms with Gasteiger partial charge in [-0.1, -0.05) is 0 Å². The minimum absolute atomic E-state index is 0. The summed E-state index contributed by atoms with van der Waals surface area (Å²) in [7, 11) is 0. The number of halogens is 1. The lowest BCUT2D eigenvalue weighted by Crippen LogP contribution is -2.39. The van der Waals surface area contributed by atoms with Crippen LogP contribution in [0.25, 0.3) is 10.9 Å². The number of rotatable bonds is 4. The summed E-state index contributed by atoms with van der Waals surface area (Å²) < 4.78 is 5.18. The number of ether oxygens (including phenoxy) is 1. The summed E-state index contributed by atoms with van der Waals surface area (Å²) in [6.07, 6.45) is 0.754. The van der Waals surface area contributed by atoms with Gasteiger partial charge in [-0.25, -0.2) is 4.79 Å². The van der Waals surface area contributed by atoms with E-state index in [0.717, 1.165) is 22.2 Å². The maximum atomic E-state index is 12.1. The van der Waals surface area contributed by atoms with E-state index < -0.39 is 18.5 Å². The van der Waals surface area contributed by atoms with E-state index in [2.05, 4.69) is 10.3 Å². The summed E-state index contributed by atoms with van der Waals surface area (Å²) in [6.45, 7) is 1.40. The number of carbonyl (C=O) groups is 3. The number of aliphatic carboxylic acids is 1. The van der Waals surface area contributed by atoms with E-state index in [0.29, 0.717) is 18.6 Å². The van der Waals surface area contributed by atoms with Crippen molar-refractivity contribution in [1.82, 2.24) is 10.3 Å². The molecular weight excluding hydrogens is 348 g/mol. The monoisotopic (exact) mass is 364 g/mol. The molecule has 0 bridgehead atoms. The third-order valence-electron chi connectivity index (χ3n) is 3.99. The number of hydrogen-bond acceptors (Lipinski definition) is 5. The molecule has 132 valence electrons. The highest BCUT2D eigenvalue weighted by molar-refractivity contribution is 6.01. The number of amides is 2. The molecule has 0 radical (unpaired) electrons. The number of benzene rings is 1. The van der Waals surface area contributed by atoms with Crippen LogP contribution in [-0.4, -0.2) is 34.5 Å². The molecule has 0 aliphatic carbocycles. The molecule has 1 unspecified atom stereocenters. The van der Waals surface area contributed by atoms with Gasteiger partial charge in [-0.2, -0.15) is 0 Å². The van der Waals surface area contributed by atoms with Gasteiger partial charge in [-0.3, -0.25) is 19.9 Å². The van der Waals surface area contributed by atoms with Gasteiger partial charge in [0.25, 0.3) is 0 Å². The number of piperidine rings is 1. The third-order valence-corrected chi connectivity index (χ3v) is 3.99. The summed E-state index contributed by atoms with van der Waals surface area (Å²) in [5.74, 6) is -1.62. The maximum absolute atomic E-state index is 12.1. The first kappa shape index (κ1) is 18.7. The van der Waals surface area contributed by atoms with E-state index in [4.69, 9.17) is 9.84 Å². The van der Waals surface area contributed by atoms with Gasteiger partial charge in [0, 0.05) is 17.5 Å². The number of hydrogen-bond donors (Lipinski definition) is 2. The van der Waals surface area contributed by atoms with Crippen LogP contribution < -0.4 is 10.1 Å². The molecule has 1 atom stereocenters. The first-order valence-electron chi connectivity index (χ1n) is 7.53. The number of nitrogens with one attached hydrogen (secondary N) is 1. The molecule has 1 aromatic heterocycles. The predicted molar refractivity (Wildman–Crippen MR) is 92.0 cm³/mol. The van der Waals surface area contributed by atoms with Crippen molar-refractivity contribution in [1.29, 1.82) is 0 Å². The van der Waals surface area contributed by atoms with Gasteiger partial charge in [-0.05, 0) is 43.2 Å². The van der Waals surface area contributed by atoms with E-state index >= 15 is 0 Å². The summed E-state index contributed by atoms with van der Waals surface area (Å²) in [6, 6.07) is 6.95. The maximum Gasteiger partial charge on any atom is 0.341 e. The summed E-state index contributed by atoms with van der Waals surface area (Å²) in [5.41, 5.74) is 2.23. The second-order valence-corrected chi connectivity index (χ2v) is 5.70. The van der Waals surface area contributed by atoms with Crippen LogP contribution in [-0.2, 0) is 14.4 Å². The average Bonchev–Trinajstić information content (AvgIpc) is 2.53. The van der Waals surface area contributed by atoms with E-state index in [-0.39, 0.29) is 24.2 Å². The van der Waals surface area contributed by atoms with Crippen molar-refractivity contribution in [3.63, 3.8) is 0 Å². The molecule has 0 saturated carbocycles. The molecule has 1 aliphatic rings. The molecular formula is C17H17ClN2O5. The van der Waals surface area contributed by atoms with Crippen molar-refractivity contribution in [2.24, 2.45) is 0 Å². The zero-order valence-corrected chi connectivity index (χ0v) is 14.3. The number of carboxylic acid groups (broad SMARTS) is 1. The molecule has 2 aromatic rings. The van der Waals surface area contributed by atoms with Crippen molar-refractivity contribution < 1.29 is 24.2 Å². The molecule has 1 fully saturated rings. The van der Waals surface area contributed by atoms with Crippen LogP contribution in [0, 0.1) is 6.92 Å². The molecule has 2 heterocycles. The molecule has 1 aliphatic heterocycles. The fourth-order valence-corrected chi connectivity index (χ4v) is 2.85. The number of pyridine rings is 1. The van der Waals surface area contributed by atoms with E-state index in [9.17, 15) is 14.4 Å². The quantitative estimate of drug-likeness (QED) is 0.803. The highest BCUT2D eigenvalue weighted by atomic mass is 35.5. The molecule has 7 nitrogen and oxygen atoms in total. The standard InChI is InChI=1S/C17H16N2O5.ClH/c1-9-13(12-3-5-15(20)19-17(12)23)7-10-6-11(24-8-16(21)22)2-4-14(10)18-9;/h2,4,6-7,12H,3,5,8H2,1H3,(H,21,22)(H,19,20,23);1H. The average molecular weight is 365 g/mol. The smallest absolute Gasteiger partial charge is 0.341 e. The van der Waals surface area contributed by atoms with Crippen LogP contribution >= 0.6 is 12.4 Å². The molecule has 2 amide bonds. The Balaban J connectivity index is 0.00000225. The van der Waals surface area contributed by atoms with Gasteiger partial charge < -0.3 is 9.84 Å². The zero-order valence-electron chi connectivity index (χ0n) is 13.4. The molecule has 8 heteroatoms. The van der Waals surface area contributed by atoms with E-state index in [1.54, 1.807) is 18.2 Å². The number of imide groups is 1. The number of aromatic nitrogens is 1.